The second-order valence-electron chi connectivity index (χ2n) is 4.96. The Balaban J connectivity index is 2.19. The molecule has 3 nitrogen and oxygen atoms in total. The van der Waals surface area contributed by atoms with Gasteiger partial charge in [0, 0.05) is 17.2 Å². The van der Waals surface area contributed by atoms with Crippen molar-refractivity contribution in [2.24, 2.45) is 7.05 Å². The van der Waals surface area contributed by atoms with Crippen molar-refractivity contribution in [1.82, 2.24) is 9.78 Å². The van der Waals surface area contributed by atoms with Crippen LogP contribution in [0.4, 0.5) is 5.69 Å². The summed E-state index contributed by atoms with van der Waals surface area (Å²) in [6.45, 7) is 7.09. The molecule has 20 heavy (non-hydrogen) atoms. The molecular weight excluding hydrogens is 382 g/mol. The summed E-state index contributed by atoms with van der Waals surface area (Å²) in [5.74, 6) is 0. The molecule has 0 unspecified atom stereocenters. The SMILES string of the molecule is CCc1nn(C)c(CNc2cc(C)c(Br)c(C)c2)c1Br. The predicted octanol–water partition coefficient (Wildman–Crippen LogP) is 4.74. The topological polar surface area (TPSA) is 29.9 Å². The lowest BCUT2D eigenvalue weighted by molar-refractivity contribution is 0.706. The van der Waals surface area contributed by atoms with E-state index in [-0.39, 0.29) is 0 Å². The molecule has 1 heterocycles. The third-order valence-electron chi connectivity index (χ3n) is 3.40. The van der Waals surface area contributed by atoms with Crippen LogP contribution in [0.15, 0.2) is 21.1 Å². The minimum atomic E-state index is 0.755. The Bertz CT molecular complexity index is 609. The van der Waals surface area contributed by atoms with Crippen LogP contribution in [0.2, 0.25) is 0 Å². The van der Waals surface area contributed by atoms with Gasteiger partial charge in [-0.2, -0.15) is 5.10 Å². The summed E-state index contributed by atoms with van der Waals surface area (Å²) in [5.41, 5.74) is 5.89. The zero-order chi connectivity index (χ0) is 14.9. The molecule has 2 aromatic rings. The molecule has 5 heteroatoms. The van der Waals surface area contributed by atoms with Gasteiger partial charge in [0.05, 0.1) is 22.4 Å². The summed E-state index contributed by atoms with van der Waals surface area (Å²) in [4.78, 5) is 0. The summed E-state index contributed by atoms with van der Waals surface area (Å²) in [7, 11) is 1.99. The van der Waals surface area contributed by atoms with Crippen LogP contribution in [-0.2, 0) is 20.0 Å². The van der Waals surface area contributed by atoms with Crippen LogP contribution in [0.3, 0.4) is 0 Å². The Morgan fingerprint density at radius 1 is 1.15 bits per heavy atom. The molecule has 0 atom stereocenters. The number of anilines is 1. The van der Waals surface area contributed by atoms with Crippen molar-refractivity contribution < 1.29 is 0 Å². The Kier molecular flexibility index (Phi) is 4.91. The highest BCUT2D eigenvalue weighted by Crippen LogP contribution is 2.26. The van der Waals surface area contributed by atoms with E-state index in [1.807, 2.05) is 11.7 Å². The number of aryl methyl sites for hydroxylation is 4. The van der Waals surface area contributed by atoms with E-state index in [0.717, 1.165) is 28.8 Å². The molecule has 0 spiro atoms. The van der Waals surface area contributed by atoms with Crippen molar-refractivity contribution in [2.75, 3.05) is 5.32 Å². The molecule has 1 aromatic carbocycles. The van der Waals surface area contributed by atoms with Gasteiger partial charge in [0.2, 0.25) is 0 Å². The summed E-state index contributed by atoms with van der Waals surface area (Å²) in [5, 5.41) is 7.99. The highest BCUT2D eigenvalue weighted by atomic mass is 79.9. The maximum atomic E-state index is 4.51. The second-order valence-corrected chi connectivity index (χ2v) is 6.55. The number of rotatable bonds is 4. The third-order valence-corrected chi connectivity index (χ3v) is 5.57. The van der Waals surface area contributed by atoms with E-state index >= 15 is 0 Å². The first-order chi connectivity index (χ1) is 9.43. The van der Waals surface area contributed by atoms with E-state index in [0.29, 0.717) is 0 Å². The molecule has 0 fully saturated rings. The minimum absolute atomic E-state index is 0.755. The molecule has 0 amide bonds. The van der Waals surface area contributed by atoms with E-state index in [1.165, 1.54) is 21.3 Å². The molecule has 0 saturated carbocycles. The van der Waals surface area contributed by atoms with Crippen LogP contribution in [0.25, 0.3) is 0 Å². The minimum Gasteiger partial charge on any atom is -0.379 e. The highest BCUT2D eigenvalue weighted by Gasteiger charge is 2.12. The van der Waals surface area contributed by atoms with Gasteiger partial charge in [0.15, 0.2) is 0 Å². The zero-order valence-corrected chi connectivity index (χ0v) is 15.4. The van der Waals surface area contributed by atoms with E-state index in [9.17, 15) is 0 Å². The van der Waals surface area contributed by atoms with Gasteiger partial charge in [0.25, 0.3) is 0 Å². The quantitative estimate of drug-likeness (QED) is 0.803. The molecule has 0 aliphatic rings. The van der Waals surface area contributed by atoms with Crippen LogP contribution in [0, 0.1) is 13.8 Å². The van der Waals surface area contributed by atoms with Gasteiger partial charge in [-0.1, -0.05) is 22.9 Å². The van der Waals surface area contributed by atoms with Crippen LogP contribution in [0.5, 0.6) is 0 Å². The lowest BCUT2D eigenvalue weighted by atomic mass is 10.1. The first-order valence-corrected chi connectivity index (χ1v) is 8.23. The normalized spacial score (nSPS) is 10.9. The monoisotopic (exact) mass is 399 g/mol. The van der Waals surface area contributed by atoms with Gasteiger partial charge in [-0.25, -0.2) is 0 Å². The first kappa shape index (κ1) is 15.6. The standard InChI is InChI=1S/C15H19Br2N3/c1-5-12-15(17)13(20(4)19-12)8-18-11-6-9(2)14(16)10(3)7-11/h6-7,18H,5,8H2,1-4H3. The largest absolute Gasteiger partial charge is 0.379 e. The van der Waals surface area contributed by atoms with Crippen molar-refractivity contribution in [2.45, 2.75) is 33.7 Å². The Hall–Kier alpha value is -0.810. The summed E-state index contributed by atoms with van der Waals surface area (Å²) in [6, 6.07) is 4.31. The zero-order valence-electron chi connectivity index (χ0n) is 12.2. The van der Waals surface area contributed by atoms with Gasteiger partial charge >= 0.3 is 0 Å². The molecule has 108 valence electrons. The number of nitrogens with one attached hydrogen (secondary N) is 1. The number of halogens is 2. The lowest BCUT2D eigenvalue weighted by Crippen LogP contribution is -2.06. The number of hydrogen-bond donors (Lipinski definition) is 1. The molecule has 2 rings (SSSR count). The van der Waals surface area contributed by atoms with Gasteiger partial charge in [-0.05, 0) is 59.5 Å². The maximum absolute atomic E-state index is 4.51. The fourth-order valence-electron chi connectivity index (χ4n) is 2.25. The maximum Gasteiger partial charge on any atom is 0.0767 e. The van der Waals surface area contributed by atoms with Crippen molar-refractivity contribution in [3.8, 4) is 0 Å². The first-order valence-electron chi connectivity index (χ1n) is 6.64. The third kappa shape index (κ3) is 3.09. The lowest BCUT2D eigenvalue weighted by Gasteiger charge is -2.11. The van der Waals surface area contributed by atoms with E-state index in [4.69, 9.17) is 0 Å². The van der Waals surface area contributed by atoms with Crippen molar-refractivity contribution >= 4 is 37.5 Å². The van der Waals surface area contributed by atoms with Crippen LogP contribution in [0.1, 0.15) is 29.4 Å². The Morgan fingerprint density at radius 3 is 2.25 bits per heavy atom. The molecule has 0 bridgehead atoms. The molecule has 1 N–H and O–H groups in total. The molecule has 0 saturated heterocycles. The molecule has 0 aliphatic heterocycles. The van der Waals surface area contributed by atoms with Crippen molar-refractivity contribution in [3.63, 3.8) is 0 Å². The Morgan fingerprint density at radius 2 is 1.75 bits per heavy atom. The highest BCUT2D eigenvalue weighted by molar-refractivity contribution is 9.10. The fraction of sp³-hybridized carbons (Fsp3) is 0.400. The van der Waals surface area contributed by atoms with E-state index < -0.39 is 0 Å². The molecular formula is C15H19Br2N3. The van der Waals surface area contributed by atoms with Crippen molar-refractivity contribution in [1.29, 1.82) is 0 Å². The van der Waals surface area contributed by atoms with E-state index in [2.05, 4.69) is 75.2 Å². The number of aromatic nitrogens is 2. The van der Waals surface area contributed by atoms with Crippen LogP contribution < -0.4 is 5.32 Å². The molecule has 0 radical (unpaired) electrons. The van der Waals surface area contributed by atoms with Crippen LogP contribution >= 0.6 is 31.9 Å². The summed E-state index contributed by atoms with van der Waals surface area (Å²) in [6.07, 6.45) is 0.935. The fourth-order valence-corrected chi connectivity index (χ4v) is 3.23. The molecule has 1 aromatic heterocycles. The smallest absolute Gasteiger partial charge is 0.0767 e. The average molecular weight is 401 g/mol. The Labute approximate surface area is 137 Å². The van der Waals surface area contributed by atoms with Crippen LogP contribution in [-0.4, -0.2) is 9.78 Å². The van der Waals surface area contributed by atoms with Gasteiger partial charge in [-0.3, -0.25) is 4.68 Å². The number of nitrogens with zero attached hydrogens (tertiary/aromatic N) is 2. The van der Waals surface area contributed by atoms with Crippen molar-refractivity contribution in [3.05, 3.63) is 43.6 Å². The number of hydrogen-bond acceptors (Lipinski definition) is 2. The van der Waals surface area contributed by atoms with Gasteiger partial charge < -0.3 is 5.32 Å². The van der Waals surface area contributed by atoms with E-state index in [1.54, 1.807) is 0 Å². The predicted molar refractivity (Wildman–Crippen MR) is 91.2 cm³/mol. The number of benzene rings is 1. The summed E-state index contributed by atoms with van der Waals surface area (Å²) >= 11 is 7.24. The van der Waals surface area contributed by atoms with Gasteiger partial charge in [0.1, 0.15) is 0 Å². The molecule has 0 aliphatic carbocycles. The van der Waals surface area contributed by atoms with Gasteiger partial charge in [-0.15, -0.1) is 0 Å². The average Bonchev–Trinajstić information content (AvgIpc) is 2.68. The second kappa shape index (κ2) is 6.31. The summed E-state index contributed by atoms with van der Waals surface area (Å²) < 4.78 is 4.23.